The van der Waals surface area contributed by atoms with Gasteiger partial charge in [0.2, 0.25) is 0 Å². The van der Waals surface area contributed by atoms with Gasteiger partial charge >= 0.3 is 18.2 Å². The summed E-state index contributed by atoms with van der Waals surface area (Å²) in [5, 5.41) is 28.5. The number of rotatable bonds is 7. The highest BCUT2D eigenvalue weighted by atomic mass is 19.4. The SMILES string of the molecule is CCC1CC(Oc2ncc(-c3c(O)cc(-c4cn[nH]c4)cc3OC(=O)C(F)(F)F)nn2)CC(CC)N1. The van der Waals surface area contributed by atoms with Crippen LogP contribution in [0.1, 0.15) is 39.5 Å². The van der Waals surface area contributed by atoms with Crippen LogP contribution >= 0.6 is 0 Å². The smallest absolute Gasteiger partial charge is 0.491 e. The van der Waals surface area contributed by atoms with Gasteiger partial charge in [-0.25, -0.2) is 9.78 Å². The van der Waals surface area contributed by atoms with E-state index in [1.165, 1.54) is 30.7 Å². The molecule has 4 rings (SSSR count). The summed E-state index contributed by atoms with van der Waals surface area (Å²) >= 11 is 0. The van der Waals surface area contributed by atoms with Crippen molar-refractivity contribution in [2.45, 2.75) is 63.9 Å². The maximum Gasteiger partial charge on any atom is 0.491 e. The summed E-state index contributed by atoms with van der Waals surface area (Å²) in [6.45, 7) is 4.18. The molecule has 2 unspecified atom stereocenters. The third-order valence-corrected chi connectivity index (χ3v) is 5.97. The van der Waals surface area contributed by atoms with E-state index in [1.54, 1.807) is 0 Å². The first-order valence-electron chi connectivity index (χ1n) is 11.5. The Labute approximate surface area is 204 Å². The first-order chi connectivity index (χ1) is 17.2. The first-order valence-corrected chi connectivity index (χ1v) is 11.5. The third kappa shape index (κ3) is 5.73. The lowest BCUT2D eigenvalue weighted by Gasteiger charge is -2.35. The number of benzene rings is 1. The molecule has 1 saturated heterocycles. The maximum atomic E-state index is 12.9. The quantitative estimate of drug-likeness (QED) is 0.323. The van der Waals surface area contributed by atoms with Gasteiger partial charge in [0.1, 0.15) is 23.3 Å². The summed E-state index contributed by atoms with van der Waals surface area (Å²) in [5.41, 5.74) is 0.335. The number of phenolic OH excluding ortho intramolecular Hbond substituents is 1. The lowest BCUT2D eigenvalue weighted by molar-refractivity contribution is -0.189. The molecule has 1 fully saturated rings. The highest BCUT2D eigenvalue weighted by molar-refractivity contribution is 5.85. The zero-order valence-corrected chi connectivity index (χ0v) is 19.5. The lowest BCUT2D eigenvalue weighted by atomic mass is 9.93. The van der Waals surface area contributed by atoms with Crippen LogP contribution in [0.4, 0.5) is 13.2 Å². The lowest BCUT2D eigenvalue weighted by Crippen LogP contribution is -2.48. The van der Waals surface area contributed by atoms with Crippen molar-refractivity contribution in [3.05, 3.63) is 30.7 Å². The fourth-order valence-corrected chi connectivity index (χ4v) is 4.12. The molecule has 3 aromatic rings. The number of ether oxygens (including phenoxy) is 2. The van der Waals surface area contributed by atoms with Crippen LogP contribution in [0.15, 0.2) is 30.7 Å². The molecule has 2 aromatic heterocycles. The molecular formula is C23H25F3N6O4. The van der Waals surface area contributed by atoms with E-state index in [9.17, 15) is 23.1 Å². The molecule has 1 aliphatic heterocycles. The minimum Gasteiger partial charge on any atom is -0.507 e. The highest BCUT2D eigenvalue weighted by Gasteiger charge is 2.42. The Morgan fingerprint density at radius 3 is 2.39 bits per heavy atom. The number of aromatic hydroxyl groups is 1. The number of nitrogens with one attached hydrogen (secondary N) is 2. The van der Waals surface area contributed by atoms with Crippen LogP contribution in [0.2, 0.25) is 0 Å². The van der Waals surface area contributed by atoms with E-state index in [0.717, 1.165) is 25.7 Å². The van der Waals surface area contributed by atoms with E-state index in [1.807, 2.05) is 0 Å². The Balaban J connectivity index is 1.62. The predicted molar refractivity (Wildman–Crippen MR) is 121 cm³/mol. The van der Waals surface area contributed by atoms with Crippen LogP contribution in [-0.2, 0) is 4.79 Å². The van der Waals surface area contributed by atoms with E-state index in [4.69, 9.17) is 4.74 Å². The van der Waals surface area contributed by atoms with Crippen molar-refractivity contribution in [3.63, 3.8) is 0 Å². The third-order valence-electron chi connectivity index (χ3n) is 5.97. The molecule has 0 amide bonds. The summed E-state index contributed by atoms with van der Waals surface area (Å²) in [6, 6.07) is 3.05. The van der Waals surface area contributed by atoms with Crippen molar-refractivity contribution in [1.82, 2.24) is 30.7 Å². The van der Waals surface area contributed by atoms with Crippen molar-refractivity contribution < 1.29 is 32.5 Å². The molecule has 0 aliphatic carbocycles. The number of carbonyl (C=O) groups is 1. The van der Waals surface area contributed by atoms with E-state index in [2.05, 4.69) is 49.3 Å². The second-order valence-electron chi connectivity index (χ2n) is 8.46. The number of hydrogen-bond acceptors (Lipinski definition) is 9. The minimum absolute atomic E-state index is 0.00120. The Morgan fingerprint density at radius 2 is 1.83 bits per heavy atom. The number of nitrogens with zero attached hydrogens (tertiary/aromatic N) is 4. The van der Waals surface area contributed by atoms with E-state index < -0.39 is 23.6 Å². The van der Waals surface area contributed by atoms with E-state index in [0.29, 0.717) is 17.6 Å². The van der Waals surface area contributed by atoms with Gasteiger partial charge in [0.25, 0.3) is 0 Å². The van der Waals surface area contributed by atoms with Gasteiger partial charge in [0, 0.05) is 23.8 Å². The van der Waals surface area contributed by atoms with Crippen LogP contribution in [0, 0.1) is 0 Å². The van der Waals surface area contributed by atoms with Gasteiger partial charge in [-0.15, -0.1) is 5.10 Å². The minimum atomic E-state index is -5.25. The maximum absolute atomic E-state index is 12.9. The topological polar surface area (TPSA) is 135 Å². The second-order valence-corrected chi connectivity index (χ2v) is 8.46. The molecule has 3 N–H and O–H groups in total. The number of alkyl halides is 3. The number of aromatic nitrogens is 5. The molecule has 10 nitrogen and oxygen atoms in total. The molecule has 1 aromatic carbocycles. The van der Waals surface area contributed by atoms with Crippen LogP contribution < -0.4 is 14.8 Å². The fourth-order valence-electron chi connectivity index (χ4n) is 4.12. The van der Waals surface area contributed by atoms with E-state index in [-0.39, 0.29) is 28.9 Å². The molecule has 1 aliphatic rings. The number of aromatic amines is 1. The van der Waals surface area contributed by atoms with E-state index >= 15 is 0 Å². The Kier molecular flexibility index (Phi) is 7.38. The monoisotopic (exact) mass is 506 g/mol. The zero-order chi connectivity index (χ0) is 25.9. The van der Waals surface area contributed by atoms with Gasteiger partial charge in [-0.3, -0.25) is 5.10 Å². The summed E-state index contributed by atoms with van der Waals surface area (Å²) in [4.78, 5) is 15.7. The van der Waals surface area contributed by atoms with Crippen molar-refractivity contribution in [3.8, 4) is 39.9 Å². The number of hydrogen-bond donors (Lipinski definition) is 3. The summed E-state index contributed by atoms with van der Waals surface area (Å²) in [5.74, 6) is -3.50. The van der Waals surface area contributed by atoms with Crippen LogP contribution in [-0.4, -0.2) is 60.8 Å². The van der Waals surface area contributed by atoms with Gasteiger partial charge in [0.15, 0.2) is 0 Å². The molecule has 3 heterocycles. The Hall–Kier alpha value is -3.74. The zero-order valence-electron chi connectivity index (χ0n) is 19.5. The van der Waals surface area contributed by atoms with Gasteiger partial charge < -0.3 is 19.9 Å². The molecule has 192 valence electrons. The number of halogens is 3. The number of phenols is 1. The molecule has 36 heavy (non-hydrogen) atoms. The molecule has 2 atom stereocenters. The fraction of sp³-hybridized carbons (Fsp3) is 0.435. The van der Waals surface area contributed by atoms with Gasteiger partial charge in [-0.2, -0.15) is 18.3 Å². The standard InChI is InChI=1S/C23H25F3N6O4/c1-3-14-7-16(8-15(4-2)30-14)35-22-27-11-17(31-32-22)20-18(33)5-12(13-9-28-29-10-13)6-19(20)36-21(34)23(24,25)26/h5-6,9-11,14-16,30,33H,3-4,7-8H2,1-2H3,(H,28,29). The van der Waals surface area contributed by atoms with Crippen molar-refractivity contribution in [1.29, 1.82) is 0 Å². The van der Waals surface area contributed by atoms with Crippen LogP contribution in [0.3, 0.4) is 0 Å². The van der Waals surface area contributed by atoms with Crippen LogP contribution in [0.5, 0.6) is 17.5 Å². The van der Waals surface area contributed by atoms with Crippen molar-refractivity contribution >= 4 is 5.97 Å². The average molecular weight is 506 g/mol. The Bertz CT molecular complexity index is 1180. The first kappa shape index (κ1) is 25.4. The Morgan fingerprint density at radius 1 is 1.11 bits per heavy atom. The number of H-pyrrole nitrogens is 1. The second kappa shape index (κ2) is 10.5. The van der Waals surface area contributed by atoms with Crippen LogP contribution in [0.25, 0.3) is 22.4 Å². The molecule has 13 heteroatoms. The summed E-state index contributed by atoms with van der Waals surface area (Å²) < 4.78 is 49.2. The number of carbonyl (C=O) groups excluding carboxylic acids is 1. The number of esters is 1. The average Bonchev–Trinajstić information content (AvgIpc) is 3.39. The van der Waals surface area contributed by atoms with Gasteiger partial charge in [-0.05, 0) is 43.4 Å². The highest BCUT2D eigenvalue weighted by Crippen LogP contribution is 2.41. The normalized spacial score (nSPS) is 20.2. The molecule has 0 bridgehead atoms. The predicted octanol–water partition coefficient (Wildman–Crippen LogP) is 3.79. The number of piperidine rings is 1. The van der Waals surface area contributed by atoms with Gasteiger partial charge in [0.05, 0.1) is 18.0 Å². The molecular weight excluding hydrogens is 481 g/mol. The van der Waals surface area contributed by atoms with Crippen molar-refractivity contribution in [2.24, 2.45) is 0 Å². The summed E-state index contributed by atoms with van der Waals surface area (Å²) in [6.07, 6.45) is 2.10. The van der Waals surface area contributed by atoms with Gasteiger partial charge in [-0.1, -0.05) is 18.9 Å². The molecule has 0 radical (unpaired) electrons. The van der Waals surface area contributed by atoms with Crippen molar-refractivity contribution in [2.75, 3.05) is 0 Å². The largest absolute Gasteiger partial charge is 0.507 e. The molecule has 0 spiro atoms. The molecule has 0 saturated carbocycles. The summed E-state index contributed by atoms with van der Waals surface area (Å²) in [7, 11) is 0.